The molecular formula is C16H24N2O. The first kappa shape index (κ1) is 14.1. The van der Waals surface area contributed by atoms with Crippen LogP contribution in [-0.4, -0.2) is 19.0 Å². The number of benzene rings is 1. The number of carbonyl (C=O) groups excluding carboxylic acids is 1. The normalized spacial score (nSPS) is 23.1. The molecule has 0 bridgehead atoms. The van der Waals surface area contributed by atoms with Crippen LogP contribution in [0.5, 0.6) is 0 Å². The molecule has 1 aromatic rings. The molecule has 0 aromatic heterocycles. The maximum Gasteiger partial charge on any atom is 0.251 e. The third-order valence-corrected chi connectivity index (χ3v) is 4.05. The third kappa shape index (κ3) is 4.06. The maximum atomic E-state index is 11.4. The topological polar surface area (TPSA) is 41.1 Å². The highest BCUT2D eigenvalue weighted by Gasteiger charge is 2.17. The van der Waals surface area contributed by atoms with Crippen LogP contribution in [0.4, 0.5) is 0 Å². The number of carbonyl (C=O) groups is 1. The van der Waals surface area contributed by atoms with Crippen LogP contribution in [0.1, 0.15) is 48.5 Å². The predicted octanol–water partition coefficient (Wildman–Crippen LogP) is 2.71. The summed E-state index contributed by atoms with van der Waals surface area (Å²) in [4.78, 5) is 11.4. The van der Waals surface area contributed by atoms with Crippen molar-refractivity contribution < 1.29 is 4.79 Å². The van der Waals surface area contributed by atoms with E-state index in [0.717, 1.165) is 18.0 Å². The van der Waals surface area contributed by atoms with E-state index in [-0.39, 0.29) is 5.91 Å². The van der Waals surface area contributed by atoms with Crippen molar-refractivity contribution >= 4 is 5.91 Å². The fourth-order valence-electron chi connectivity index (χ4n) is 2.64. The van der Waals surface area contributed by atoms with Gasteiger partial charge in [0, 0.05) is 25.2 Å². The Morgan fingerprint density at radius 3 is 2.37 bits per heavy atom. The third-order valence-electron chi connectivity index (χ3n) is 4.05. The first-order chi connectivity index (χ1) is 9.19. The van der Waals surface area contributed by atoms with Gasteiger partial charge >= 0.3 is 0 Å². The van der Waals surface area contributed by atoms with E-state index in [1.54, 1.807) is 7.05 Å². The van der Waals surface area contributed by atoms with Gasteiger partial charge in [0.2, 0.25) is 0 Å². The Kier molecular flexibility index (Phi) is 4.97. The molecule has 3 heteroatoms. The molecule has 1 aromatic carbocycles. The van der Waals surface area contributed by atoms with E-state index >= 15 is 0 Å². The zero-order valence-electron chi connectivity index (χ0n) is 11.9. The maximum absolute atomic E-state index is 11.4. The van der Waals surface area contributed by atoms with Gasteiger partial charge in [0.05, 0.1) is 0 Å². The van der Waals surface area contributed by atoms with Crippen LogP contribution in [0.3, 0.4) is 0 Å². The second-order valence-corrected chi connectivity index (χ2v) is 5.61. The van der Waals surface area contributed by atoms with Crippen LogP contribution >= 0.6 is 0 Å². The zero-order chi connectivity index (χ0) is 13.7. The van der Waals surface area contributed by atoms with Crippen LogP contribution in [-0.2, 0) is 6.54 Å². The Balaban J connectivity index is 1.81. The quantitative estimate of drug-likeness (QED) is 0.874. The van der Waals surface area contributed by atoms with E-state index in [4.69, 9.17) is 0 Å². The van der Waals surface area contributed by atoms with E-state index in [0.29, 0.717) is 6.04 Å². The Hall–Kier alpha value is -1.35. The summed E-state index contributed by atoms with van der Waals surface area (Å²) < 4.78 is 0. The molecular weight excluding hydrogens is 236 g/mol. The summed E-state index contributed by atoms with van der Waals surface area (Å²) in [5.41, 5.74) is 1.96. The van der Waals surface area contributed by atoms with Crippen molar-refractivity contribution in [2.75, 3.05) is 7.05 Å². The molecule has 0 aliphatic heterocycles. The van der Waals surface area contributed by atoms with Gasteiger partial charge in [-0.15, -0.1) is 0 Å². The molecule has 104 valence electrons. The molecule has 19 heavy (non-hydrogen) atoms. The summed E-state index contributed by atoms with van der Waals surface area (Å²) in [6.45, 7) is 3.24. The van der Waals surface area contributed by atoms with Crippen molar-refractivity contribution in [2.24, 2.45) is 5.92 Å². The second kappa shape index (κ2) is 6.71. The lowest BCUT2D eigenvalue weighted by Crippen LogP contribution is -2.32. The number of hydrogen-bond donors (Lipinski definition) is 2. The Bertz CT molecular complexity index is 405. The summed E-state index contributed by atoms with van der Waals surface area (Å²) in [6, 6.07) is 8.50. The van der Waals surface area contributed by atoms with Crippen molar-refractivity contribution in [3.63, 3.8) is 0 Å². The summed E-state index contributed by atoms with van der Waals surface area (Å²) in [5, 5.41) is 6.25. The van der Waals surface area contributed by atoms with Gasteiger partial charge in [-0.25, -0.2) is 0 Å². The smallest absolute Gasteiger partial charge is 0.251 e. The fraction of sp³-hybridized carbons (Fsp3) is 0.562. The molecule has 0 atom stereocenters. The average molecular weight is 260 g/mol. The van der Waals surface area contributed by atoms with Gasteiger partial charge < -0.3 is 10.6 Å². The van der Waals surface area contributed by atoms with Gasteiger partial charge in [-0.05, 0) is 49.3 Å². The first-order valence-electron chi connectivity index (χ1n) is 7.23. The molecule has 0 heterocycles. The lowest BCUT2D eigenvalue weighted by atomic mass is 9.87. The first-order valence-corrected chi connectivity index (χ1v) is 7.23. The number of amides is 1. The van der Waals surface area contributed by atoms with Gasteiger partial charge in [-0.3, -0.25) is 4.79 Å². The number of nitrogens with one attached hydrogen (secondary N) is 2. The zero-order valence-corrected chi connectivity index (χ0v) is 11.9. The van der Waals surface area contributed by atoms with Crippen LogP contribution in [0.25, 0.3) is 0 Å². The largest absolute Gasteiger partial charge is 0.355 e. The number of rotatable bonds is 4. The fourth-order valence-corrected chi connectivity index (χ4v) is 2.64. The van der Waals surface area contributed by atoms with Gasteiger partial charge in [0.25, 0.3) is 5.91 Å². The lowest BCUT2D eigenvalue weighted by Gasteiger charge is -2.27. The van der Waals surface area contributed by atoms with Gasteiger partial charge in [-0.1, -0.05) is 19.1 Å². The van der Waals surface area contributed by atoms with Crippen molar-refractivity contribution in [1.82, 2.24) is 10.6 Å². The highest BCUT2D eigenvalue weighted by molar-refractivity contribution is 5.93. The molecule has 1 aliphatic carbocycles. The molecule has 0 spiro atoms. The van der Waals surface area contributed by atoms with Crippen molar-refractivity contribution in [3.05, 3.63) is 35.4 Å². The summed E-state index contributed by atoms with van der Waals surface area (Å²) >= 11 is 0. The molecule has 2 N–H and O–H groups in total. The van der Waals surface area contributed by atoms with Gasteiger partial charge in [0.1, 0.15) is 0 Å². The molecule has 1 fully saturated rings. The van der Waals surface area contributed by atoms with E-state index in [1.807, 2.05) is 24.3 Å². The Morgan fingerprint density at radius 1 is 1.16 bits per heavy atom. The summed E-state index contributed by atoms with van der Waals surface area (Å²) in [7, 11) is 1.65. The molecule has 2 rings (SSSR count). The van der Waals surface area contributed by atoms with E-state index in [2.05, 4.69) is 17.6 Å². The van der Waals surface area contributed by atoms with Crippen molar-refractivity contribution in [2.45, 2.75) is 45.2 Å². The highest BCUT2D eigenvalue weighted by atomic mass is 16.1. The van der Waals surface area contributed by atoms with E-state index < -0.39 is 0 Å². The monoisotopic (exact) mass is 260 g/mol. The standard InChI is InChI=1S/C16H24N2O/c1-12-3-9-15(10-4-12)18-11-13-5-7-14(8-6-13)16(19)17-2/h5-8,12,15,18H,3-4,9-11H2,1-2H3,(H,17,19). The summed E-state index contributed by atoms with van der Waals surface area (Å²) in [5.74, 6) is 0.866. The lowest BCUT2D eigenvalue weighted by molar-refractivity contribution is 0.0963. The molecule has 1 saturated carbocycles. The molecule has 1 aliphatic rings. The van der Waals surface area contributed by atoms with E-state index in [9.17, 15) is 4.79 Å². The molecule has 0 unspecified atom stereocenters. The van der Waals surface area contributed by atoms with Crippen LogP contribution in [0.15, 0.2) is 24.3 Å². The van der Waals surface area contributed by atoms with Crippen LogP contribution in [0.2, 0.25) is 0 Å². The Labute approximate surface area is 115 Å². The van der Waals surface area contributed by atoms with E-state index in [1.165, 1.54) is 31.2 Å². The number of hydrogen-bond acceptors (Lipinski definition) is 2. The van der Waals surface area contributed by atoms with Crippen molar-refractivity contribution in [1.29, 1.82) is 0 Å². The molecule has 3 nitrogen and oxygen atoms in total. The minimum absolute atomic E-state index is 0.0271. The van der Waals surface area contributed by atoms with Crippen molar-refractivity contribution in [3.8, 4) is 0 Å². The molecule has 1 amide bonds. The van der Waals surface area contributed by atoms with Crippen LogP contribution in [0, 0.1) is 5.92 Å². The molecule has 0 radical (unpaired) electrons. The van der Waals surface area contributed by atoms with Crippen LogP contribution < -0.4 is 10.6 Å². The SMILES string of the molecule is CNC(=O)c1ccc(CNC2CCC(C)CC2)cc1. The average Bonchev–Trinajstić information content (AvgIpc) is 2.46. The summed E-state index contributed by atoms with van der Waals surface area (Å²) in [6.07, 6.45) is 5.26. The van der Waals surface area contributed by atoms with Gasteiger partial charge in [0.15, 0.2) is 0 Å². The second-order valence-electron chi connectivity index (χ2n) is 5.61. The minimum atomic E-state index is -0.0271. The van der Waals surface area contributed by atoms with Gasteiger partial charge in [-0.2, -0.15) is 0 Å². The predicted molar refractivity (Wildman–Crippen MR) is 78.1 cm³/mol. The minimum Gasteiger partial charge on any atom is -0.355 e. The Morgan fingerprint density at radius 2 is 1.79 bits per heavy atom. The highest BCUT2D eigenvalue weighted by Crippen LogP contribution is 2.23. The molecule has 0 saturated heterocycles.